The van der Waals surface area contributed by atoms with Crippen LogP contribution in [0.2, 0.25) is 0 Å². The third kappa shape index (κ3) is 5.62. The van der Waals surface area contributed by atoms with Gasteiger partial charge in [0.1, 0.15) is 5.75 Å². The first-order valence-corrected chi connectivity index (χ1v) is 8.16. The Hall–Kier alpha value is -3.35. The number of benzene rings is 2. The summed E-state index contributed by atoms with van der Waals surface area (Å²) in [6.07, 6.45) is 0.797. The topological polar surface area (TPSA) is 111 Å². The fourth-order valence-electron chi connectivity index (χ4n) is 2.24. The molecular formula is C19H21N3O4. The lowest BCUT2D eigenvalue weighted by Crippen LogP contribution is -2.35. The molecule has 0 radical (unpaired) electrons. The highest BCUT2D eigenvalue weighted by molar-refractivity contribution is 5.95. The van der Waals surface area contributed by atoms with E-state index in [-0.39, 0.29) is 19.1 Å². The number of rotatable bonds is 8. The van der Waals surface area contributed by atoms with E-state index in [0.29, 0.717) is 11.3 Å². The molecule has 0 fully saturated rings. The van der Waals surface area contributed by atoms with E-state index in [9.17, 15) is 14.4 Å². The van der Waals surface area contributed by atoms with Crippen molar-refractivity contribution in [2.45, 2.75) is 13.3 Å². The number of amides is 3. The van der Waals surface area contributed by atoms with Crippen LogP contribution in [0.15, 0.2) is 48.5 Å². The van der Waals surface area contributed by atoms with Crippen LogP contribution in [0, 0.1) is 0 Å². The van der Waals surface area contributed by atoms with Gasteiger partial charge in [0, 0.05) is 11.3 Å². The van der Waals surface area contributed by atoms with Crippen molar-refractivity contribution in [1.29, 1.82) is 0 Å². The van der Waals surface area contributed by atoms with Gasteiger partial charge in [0.25, 0.3) is 5.91 Å². The van der Waals surface area contributed by atoms with Crippen molar-refractivity contribution in [3.05, 3.63) is 59.7 Å². The molecule has 7 heteroatoms. The summed E-state index contributed by atoms with van der Waals surface area (Å²) in [5, 5.41) is 5.26. The molecule has 0 atom stereocenters. The van der Waals surface area contributed by atoms with Crippen LogP contribution in [0.1, 0.15) is 22.8 Å². The molecule has 2 aromatic carbocycles. The zero-order valence-corrected chi connectivity index (χ0v) is 14.5. The predicted octanol–water partition coefficient (Wildman–Crippen LogP) is 1.48. The quantitative estimate of drug-likeness (QED) is 0.666. The minimum atomic E-state index is -0.537. The van der Waals surface area contributed by atoms with Crippen molar-refractivity contribution in [3.63, 3.8) is 0 Å². The van der Waals surface area contributed by atoms with Gasteiger partial charge in [-0.1, -0.05) is 25.1 Å². The van der Waals surface area contributed by atoms with E-state index in [4.69, 9.17) is 10.5 Å². The molecule has 4 N–H and O–H groups in total. The molecule has 0 aliphatic rings. The minimum absolute atomic E-state index is 0.152. The maximum Gasteiger partial charge on any atom is 0.258 e. The Morgan fingerprint density at radius 3 is 2.35 bits per heavy atom. The highest BCUT2D eigenvalue weighted by Gasteiger charge is 2.09. The zero-order chi connectivity index (χ0) is 18.9. The lowest BCUT2D eigenvalue weighted by atomic mass is 10.1. The number of nitrogens with one attached hydrogen (secondary N) is 2. The van der Waals surface area contributed by atoms with Crippen molar-refractivity contribution >= 4 is 23.4 Å². The van der Waals surface area contributed by atoms with Crippen LogP contribution in [0.25, 0.3) is 0 Å². The highest BCUT2D eigenvalue weighted by atomic mass is 16.5. The molecule has 7 nitrogen and oxygen atoms in total. The summed E-state index contributed by atoms with van der Waals surface area (Å²) in [5.74, 6) is -0.857. The summed E-state index contributed by atoms with van der Waals surface area (Å²) in [5.41, 5.74) is 7.26. The second-order valence-electron chi connectivity index (χ2n) is 5.51. The molecule has 2 aromatic rings. The fraction of sp³-hybridized carbons (Fsp3) is 0.211. The van der Waals surface area contributed by atoms with Gasteiger partial charge in [0.05, 0.1) is 6.54 Å². The molecular weight excluding hydrogens is 334 g/mol. The zero-order valence-electron chi connectivity index (χ0n) is 14.5. The summed E-state index contributed by atoms with van der Waals surface area (Å²) >= 11 is 0. The Kier molecular flexibility index (Phi) is 6.73. The van der Waals surface area contributed by atoms with E-state index in [1.165, 1.54) is 12.1 Å². The molecule has 0 saturated carbocycles. The van der Waals surface area contributed by atoms with Gasteiger partial charge in [-0.2, -0.15) is 0 Å². The van der Waals surface area contributed by atoms with Crippen LogP contribution in [0.5, 0.6) is 5.75 Å². The first-order valence-electron chi connectivity index (χ1n) is 8.16. The highest BCUT2D eigenvalue weighted by Crippen LogP contribution is 2.15. The first kappa shape index (κ1) is 19.0. The maximum atomic E-state index is 12.0. The van der Waals surface area contributed by atoms with Crippen molar-refractivity contribution in [1.82, 2.24) is 5.32 Å². The minimum Gasteiger partial charge on any atom is -0.484 e. The van der Waals surface area contributed by atoms with E-state index in [2.05, 4.69) is 10.6 Å². The average molecular weight is 355 g/mol. The largest absolute Gasteiger partial charge is 0.484 e. The fourth-order valence-corrected chi connectivity index (χ4v) is 2.24. The second kappa shape index (κ2) is 9.22. The SMILES string of the molecule is CCc1ccccc1NC(=O)CNC(=O)COc1ccc(C(N)=O)cc1. The van der Waals surface area contributed by atoms with Gasteiger partial charge in [0.2, 0.25) is 11.8 Å². The molecule has 0 spiro atoms. The van der Waals surface area contributed by atoms with Crippen LogP contribution in [-0.2, 0) is 16.0 Å². The van der Waals surface area contributed by atoms with Crippen molar-refractivity contribution in [2.75, 3.05) is 18.5 Å². The third-order valence-electron chi connectivity index (χ3n) is 3.63. The molecule has 26 heavy (non-hydrogen) atoms. The molecule has 0 heterocycles. The first-order chi connectivity index (χ1) is 12.5. The van der Waals surface area contributed by atoms with Gasteiger partial charge < -0.3 is 21.1 Å². The lowest BCUT2D eigenvalue weighted by Gasteiger charge is -2.11. The molecule has 0 saturated heterocycles. The standard InChI is InChI=1S/C19H21N3O4/c1-2-13-5-3-4-6-16(13)22-17(23)11-21-18(24)12-26-15-9-7-14(8-10-15)19(20)25/h3-10H,2,11-12H2,1H3,(H2,20,25)(H,21,24)(H,22,23). The molecule has 0 aliphatic heterocycles. The second-order valence-corrected chi connectivity index (χ2v) is 5.51. The van der Waals surface area contributed by atoms with Crippen molar-refractivity contribution in [3.8, 4) is 5.75 Å². The number of carbonyl (C=O) groups excluding carboxylic acids is 3. The Morgan fingerprint density at radius 1 is 1.00 bits per heavy atom. The van der Waals surface area contributed by atoms with Gasteiger partial charge in [0.15, 0.2) is 6.61 Å². The molecule has 3 amide bonds. The van der Waals surface area contributed by atoms with E-state index in [1.807, 2.05) is 31.2 Å². The predicted molar refractivity (Wildman–Crippen MR) is 97.9 cm³/mol. The van der Waals surface area contributed by atoms with Gasteiger partial charge in [-0.15, -0.1) is 0 Å². The molecule has 0 aliphatic carbocycles. The van der Waals surface area contributed by atoms with Gasteiger partial charge >= 0.3 is 0 Å². The Bertz CT molecular complexity index is 788. The van der Waals surface area contributed by atoms with Crippen LogP contribution in [0.3, 0.4) is 0 Å². The van der Waals surface area contributed by atoms with Crippen molar-refractivity contribution in [2.24, 2.45) is 5.73 Å². The van der Waals surface area contributed by atoms with E-state index in [0.717, 1.165) is 17.7 Å². The number of ether oxygens (including phenoxy) is 1. The number of anilines is 1. The molecule has 2 rings (SSSR count). The normalized spacial score (nSPS) is 10.0. The number of hydrogen-bond acceptors (Lipinski definition) is 4. The Labute approximate surface area is 151 Å². The van der Waals surface area contributed by atoms with E-state index in [1.54, 1.807) is 12.1 Å². The average Bonchev–Trinajstić information content (AvgIpc) is 2.65. The third-order valence-corrected chi connectivity index (χ3v) is 3.63. The number of para-hydroxylation sites is 1. The molecule has 136 valence electrons. The number of hydrogen-bond donors (Lipinski definition) is 3. The van der Waals surface area contributed by atoms with E-state index >= 15 is 0 Å². The number of primary amides is 1. The summed E-state index contributed by atoms with van der Waals surface area (Å²) < 4.78 is 5.29. The maximum absolute atomic E-state index is 12.0. The summed E-state index contributed by atoms with van der Waals surface area (Å²) in [6.45, 7) is 1.61. The van der Waals surface area contributed by atoms with Gasteiger partial charge in [-0.05, 0) is 42.3 Å². The number of aryl methyl sites for hydroxylation is 1. The molecule has 0 unspecified atom stereocenters. The van der Waals surface area contributed by atoms with Gasteiger partial charge in [-0.3, -0.25) is 14.4 Å². The molecule has 0 aromatic heterocycles. The Morgan fingerprint density at radius 2 is 1.69 bits per heavy atom. The van der Waals surface area contributed by atoms with Crippen LogP contribution < -0.4 is 21.1 Å². The van der Waals surface area contributed by atoms with Crippen LogP contribution in [-0.4, -0.2) is 30.9 Å². The number of nitrogens with two attached hydrogens (primary N) is 1. The van der Waals surface area contributed by atoms with Crippen molar-refractivity contribution < 1.29 is 19.1 Å². The monoisotopic (exact) mass is 355 g/mol. The lowest BCUT2D eigenvalue weighted by molar-refractivity contribution is -0.125. The van der Waals surface area contributed by atoms with Crippen LogP contribution in [0.4, 0.5) is 5.69 Å². The smallest absolute Gasteiger partial charge is 0.258 e. The van der Waals surface area contributed by atoms with Crippen LogP contribution >= 0.6 is 0 Å². The Balaban J connectivity index is 1.75. The molecule has 0 bridgehead atoms. The van der Waals surface area contributed by atoms with E-state index < -0.39 is 11.8 Å². The number of carbonyl (C=O) groups is 3. The summed E-state index contributed by atoms with van der Waals surface area (Å²) in [4.78, 5) is 34.7. The summed E-state index contributed by atoms with van der Waals surface area (Å²) in [6, 6.07) is 13.6. The van der Waals surface area contributed by atoms with Gasteiger partial charge in [-0.25, -0.2) is 0 Å². The summed E-state index contributed by atoms with van der Waals surface area (Å²) in [7, 11) is 0.